The molecule has 2 fully saturated rings. The molecule has 1 aromatic rings. The summed E-state index contributed by atoms with van der Waals surface area (Å²) >= 11 is 1.75. The van der Waals surface area contributed by atoms with Crippen LogP contribution in [0.2, 0.25) is 0 Å². The lowest BCUT2D eigenvalue weighted by molar-refractivity contribution is 0.0929. The number of sulfonamides is 1. The lowest BCUT2D eigenvalue weighted by Crippen LogP contribution is -2.40. The second-order valence-electron chi connectivity index (χ2n) is 7.29. The fraction of sp³-hybridized carbons (Fsp3) is 0.778. The first-order chi connectivity index (χ1) is 13.0. The molecular formula is C18H30N4O3S2. The minimum absolute atomic E-state index is 0.0889. The number of aromatic nitrogens is 2. The molecule has 1 N–H and O–H groups in total. The van der Waals surface area contributed by atoms with E-state index in [4.69, 9.17) is 0 Å². The third-order valence-electron chi connectivity index (χ3n) is 5.17. The van der Waals surface area contributed by atoms with E-state index >= 15 is 0 Å². The fourth-order valence-electron chi connectivity index (χ4n) is 3.69. The zero-order valence-corrected chi connectivity index (χ0v) is 17.7. The minimum Gasteiger partial charge on any atom is -0.349 e. The van der Waals surface area contributed by atoms with E-state index in [9.17, 15) is 13.2 Å². The highest BCUT2D eigenvalue weighted by molar-refractivity contribution is 7.99. The zero-order chi connectivity index (χ0) is 19.3. The van der Waals surface area contributed by atoms with E-state index in [1.165, 1.54) is 17.1 Å². The highest BCUT2D eigenvalue weighted by Crippen LogP contribution is 2.23. The molecule has 0 spiro atoms. The molecular weight excluding hydrogens is 384 g/mol. The fourth-order valence-corrected chi connectivity index (χ4v) is 6.36. The molecule has 9 heteroatoms. The van der Waals surface area contributed by atoms with Crippen LogP contribution in [-0.2, 0) is 16.6 Å². The molecule has 1 aliphatic carbocycles. The van der Waals surface area contributed by atoms with Gasteiger partial charge in [-0.1, -0.05) is 32.6 Å². The standard InChI is InChI=1S/C18H30N4O3S2/c1-2-9-21-14-16(17(23)19-15-7-5-3-4-6-8-15)18(20-21)27(24,25)22-10-12-26-13-11-22/h14-15H,2-13H2,1H3,(H,19,23). The summed E-state index contributed by atoms with van der Waals surface area (Å²) in [5, 5.41) is 7.28. The largest absolute Gasteiger partial charge is 0.349 e. The Balaban J connectivity index is 1.85. The third kappa shape index (κ3) is 5.06. The topological polar surface area (TPSA) is 84.3 Å². The Labute approximate surface area is 166 Å². The van der Waals surface area contributed by atoms with Crippen molar-refractivity contribution in [2.75, 3.05) is 24.6 Å². The van der Waals surface area contributed by atoms with Crippen molar-refractivity contribution in [3.63, 3.8) is 0 Å². The van der Waals surface area contributed by atoms with Crippen molar-refractivity contribution in [2.45, 2.75) is 69.5 Å². The molecule has 1 aliphatic heterocycles. The molecule has 1 saturated carbocycles. The Morgan fingerprint density at radius 3 is 2.52 bits per heavy atom. The molecule has 2 heterocycles. The van der Waals surface area contributed by atoms with E-state index in [1.54, 1.807) is 22.6 Å². The van der Waals surface area contributed by atoms with Crippen molar-refractivity contribution < 1.29 is 13.2 Å². The number of nitrogens with one attached hydrogen (secondary N) is 1. The van der Waals surface area contributed by atoms with Gasteiger partial charge >= 0.3 is 0 Å². The molecule has 0 unspecified atom stereocenters. The lowest BCUT2D eigenvalue weighted by Gasteiger charge is -2.25. The molecule has 2 aliphatic rings. The number of amides is 1. The molecule has 1 aromatic heterocycles. The molecule has 0 atom stereocenters. The van der Waals surface area contributed by atoms with E-state index in [2.05, 4.69) is 10.4 Å². The van der Waals surface area contributed by atoms with Gasteiger partial charge in [0.2, 0.25) is 5.03 Å². The molecule has 152 valence electrons. The number of hydrogen-bond donors (Lipinski definition) is 1. The van der Waals surface area contributed by atoms with Crippen molar-refractivity contribution in [2.24, 2.45) is 0 Å². The summed E-state index contributed by atoms with van der Waals surface area (Å²) in [5.41, 5.74) is 0.186. The zero-order valence-electron chi connectivity index (χ0n) is 16.0. The number of carbonyl (C=O) groups excluding carboxylic acids is 1. The van der Waals surface area contributed by atoms with Crippen LogP contribution < -0.4 is 5.32 Å². The first kappa shape index (κ1) is 20.7. The number of hydrogen-bond acceptors (Lipinski definition) is 5. The van der Waals surface area contributed by atoms with Crippen molar-refractivity contribution in [3.8, 4) is 0 Å². The number of carbonyl (C=O) groups is 1. The second kappa shape index (κ2) is 9.43. The predicted octanol–water partition coefficient (Wildman–Crippen LogP) is 2.48. The summed E-state index contributed by atoms with van der Waals surface area (Å²) in [7, 11) is -3.76. The SMILES string of the molecule is CCCn1cc(C(=O)NC2CCCCCC2)c(S(=O)(=O)N2CCSCC2)n1. The summed E-state index contributed by atoms with van der Waals surface area (Å²) in [6, 6.07) is 0.122. The van der Waals surface area contributed by atoms with Crippen molar-refractivity contribution in [1.82, 2.24) is 19.4 Å². The van der Waals surface area contributed by atoms with Crippen LogP contribution >= 0.6 is 11.8 Å². The van der Waals surface area contributed by atoms with Crippen molar-refractivity contribution >= 4 is 27.7 Å². The van der Waals surface area contributed by atoms with Gasteiger partial charge < -0.3 is 5.32 Å². The maximum Gasteiger partial charge on any atom is 0.263 e. The van der Waals surface area contributed by atoms with Gasteiger partial charge in [0, 0.05) is 43.4 Å². The monoisotopic (exact) mass is 414 g/mol. The molecule has 0 radical (unpaired) electrons. The summed E-state index contributed by atoms with van der Waals surface area (Å²) in [6.45, 7) is 3.53. The van der Waals surface area contributed by atoms with Gasteiger partial charge in [0.25, 0.3) is 15.9 Å². The van der Waals surface area contributed by atoms with Gasteiger partial charge in [-0.05, 0) is 19.3 Å². The van der Waals surface area contributed by atoms with E-state index in [0.29, 0.717) is 19.6 Å². The van der Waals surface area contributed by atoms with Crippen LogP contribution in [0.3, 0.4) is 0 Å². The Kier molecular flexibility index (Phi) is 7.22. The molecule has 0 bridgehead atoms. The first-order valence-electron chi connectivity index (χ1n) is 9.98. The van der Waals surface area contributed by atoms with E-state index in [0.717, 1.165) is 43.6 Å². The van der Waals surface area contributed by atoms with Gasteiger partial charge in [-0.2, -0.15) is 21.2 Å². The van der Waals surface area contributed by atoms with Gasteiger partial charge in [-0.3, -0.25) is 9.48 Å². The predicted molar refractivity (Wildman–Crippen MR) is 108 cm³/mol. The van der Waals surface area contributed by atoms with Gasteiger partial charge in [-0.15, -0.1) is 0 Å². The lowest BCUT2D eigenvalue weighted by atomic mass is 10.1. The summed E-state index contributed by atoms with van der Waals surface area (Å²) < 4.78 is 29.3. The summed E-state index contributed by atoms with van der Waals surface area (Å²) in [5.74, 6) is 1.24. The molecule has 1 saturated heterocycles. The van der Waals surface area contributed by atoms with E-state index < -0.39 is 10.0 Å². The number of nitrogens with zero attached hydrogens (tertiary/aromatic N) is 3. The average Bonchev–Trinajstić information content (AvgIpc) is 2.94. The maximum atomic E-state index is 13.1. The second-order valence-corrected chi connectivity index (χ2v) is 10.4. The Morgan fingerprint density at radius 1 is 1.22 bits per heavy atom. The highest BCUT2D eigenvalue weighted by atomic mass is 32.2. The summed E-state index contributed by atoms with van der Waals surface area (Å²) in [4.78, 5) is 12.9. The van der Waals surface area contributed by atoms with Crippen LogP contribution in [-0.4, -0.2) is 59.0 Å². The average molecular weight is 415 g/mol. The van der Waals surface area contributed by atoms with Gasteiger partial charge in [0.1, 0.15) is 0 Å². The van der Waals surface area contributed by atoms with Crippen LogP contribution in [0.15, 0.2) is 11.2 Å². The van der Waals surface area contributed by atoms with Crippen LogP contribution in [0.1, 0.15) is 62.2 Å². The Bertz CT molecular complexity index is 734. The van der Waals surface area contributed by atoms with Gasteiger partial charge in [0.15, 0.2) is 0 Å². The van der Waals surface area contributed by atoms with Crippen LogP contribution in [0.4, 0.5) is 0 Å². The van der Waals surface area contributed by atoms with E-state index in [1.807, 2.05) is 6.92 Å². The van der Waals surface area contributed by atoms with E-state index in [-0.39, 0.29) is 22.5 Å². The Morgan fingerprint density at radius 2 is 1.89 bits per heavy atom. The van der Waals surface area contributed by atoms with Crippen LogP contribution in [0.25, 0.3) is 0 Å². The molecule has 27 heavy (non-hydrogen) atoms. The van der Waals surface area contributed by atoms with Gasteiger partial charge in [-0.25, -0.2) is 8.42 Å². The van der Waals surface area contributed by atoms with Crippen molar-refractivity contribution in [3.05, 3.63) is 11.8 Å². The molecule has 7 nitrogen and oxygen atoms in total. The maximum absolute atomic E-state index is 13.1. The first-order valence-corrected chi connectivity index (χ1v) is 12.6. The minimum atomic E-state index is -3.76. The molecule has 3 rings (SSSR count). The number of rotatable bonds is 6. The molecule has 1 amide bonds. The van der Waals surface area contributed by atoms with Crippen LogP contribution in [0, 0.1) is 0 Å². The number of aryl methyl sites for hydroxylation is 1. The smallest absolute Gasteiger partial charge is 0.263 e. The third-order valence-corrected chi connectivity index (χ3v) is 7.95. The highest BCUT2D eigenvalue weighted by Gasteiger charge is 2.34. The summed E-state index contributed by atoms with van der Waals surface area (Å²) in [6.07, 6.45) is 8.96. The quantitative estimate of drug-likeness (QED) is 0.723. The molecule has 0 aromatic carbocycles. The van der Waals surface area contributed by atoms with Gasteiger partial charge in [0.05, 0.1) is 5.56 Å². The van der Waals surface area contributed by atoms with Crippen LogP contribution in [0.5, 0.6) is 0 Å². The normalized spacial score (nSPS) is 20.3. The number of thioether (sulfide) groups is 1. The van der Waals surface area contributed by atoms with Crippen molar-refractivity contribution in [1.29, 1.82) is 0 Å². The Hall–Kier alpha value is -1.06.